The second kappa shape index (κ2) is 55.7. The number of carbonyl (C=O) groups excluding carboxylic acids is 6. The molecule has 20 heteroatoms. The monoisotopic (exact) mass is 1680 g/mol. The Balaban J connectivity index is -0.00000134. The third-order valence-corrected chi connectivity index (χ3v) is 33.7. The highest BCUT2D eigenvalue weighted by molar-refractivity contribution is 14.1. The third-order valence-electron chi connectivity index (χ3n) is 18.9. The molecule has 0 bridgehead atoms. The SMILES string of the molecule is CCCCCC(/C=C/Cc1cccs1)O[Si](C)(C)C(C)(C)C.CCCCCC(/C=C/I)O[Si](C)(C)C(C)(C)C.CCCCCC(/C=C/[C@H]1C(OC(C)(C)C)CC(=O)[C@@H]1CC(=O)C/C=C/CC(=O)OC)O[Si](C)(C)C(C)(C)C.COC(=O)C/C=C/CC(=O)CC1=CC(OC(C)(C)C)CC1=O.C[SiH2]C.C[SiH2]C. The number of hydrogen-bond donors (Lipinski definition) is 0. The van der Waals surface area contributed by atoms with E-state index in [0.29, 0.717) is 48.6 Å². The van der Waals surface area contributed by atoms with Crippen LogP contribution in [0.4, 0.5) is 0 Å². The number of esters is 2. The van der Waals surface area contributed by atoms with Gasteiger partial charge in [-0.25, -0.2) is 0 Å². The van der Waals surface area contributed by atoms with Crippen LogP contribution in [0.2, 0.25) is 80.6 Å². The van der Waals surface area contributed by atoms with Gasteiger partial charge in [0.15, 0.2) is 30.7 Å². The lowest BCUT2D eigenvalue weighted by Crippen LogP contribution is -2.43. The predicted molar refractivity (Wildman–Crippen MR) is 472 cm³/mol. The van der Waals surface area contributed by atoms with Crippen molar-refractivity contribution >= 4 is 113 Å². The molecule has 1 heterocycles. The molecule has 1 saturated carbocycles. The van der Waals surface area contributed by atoms with Crippen LogP contribution in [0.15, 0.2) is 87.9 Å². The summed E-state index contributed by atoms with van der Waals surface area (Å²) in [6.45, 7) is 62.1. The molecular formula is C85H157IO13SSi5. The third kappa shape index (κ3) is 51.5. The van der Waals surface area contributed by atoms with Crippen molar-refractivity contribution in [2.24, 2.45) is 11.8 Å². The van der Waals surface area contributed by atoms with E-state index >= 15 is 0 Å². The van der Waals surface area contributed by atoms with Crippen molar-refractivity contribution in [2.45, 2.75) is 382 Å². The Morgan fingerprint density at radius 2 is 0.962 bits per heavy atom. The fourth-order valence-electron chi connectivity index (χ4n) is 10.1. The van der Waals surface area contributed by atoms with Gasteiger partial charge in [0.25, 0.3) is 0 Å². The summed E-state index contributed by atoms with van der Waals surface area (Å²) in [5, 5.41) is 2.82. The maximum Gasteiger partial charge on any atom is 0.309 e. The Hall–Kier alpha value is -2.63. The Kier molecular flexibility index (Phi) is 56.5. The largest absolute Gasteiger partial charge is 0.469 e. The smallest absolute Gasteiger partial charge is 0.309 e. The molecule has 13 nitrogen and oxygen atoms in total. The Labute approximate surface area is 669 Å². The summed E-state index contributed by atoms with van der Waals surface area (Å²) in [7, 11) is -1.82. The minimum Gasteiger partial charge on any atom is -0.469 e. The molecule has 0 aromatic carbocycles. The number of methoxy groups -OCH3 is 2. The van der Waals surface area contributed by atoms with Crippen molar-refractivity contribution in [1.29, 1.82) is 0 Å². The molecule has 1 aromatic heterocycles. The Morgan fingerprint density at radius 3 is 1.33 bits per heavy atom. The minimum atomic E-state index is -1.99. The first-order chi connectivity index (χ1) is 48.5. The summed E-state index contributed by atoms with van der Waals surface area (Å²) >= 11 is 4.12. The first kappa shape index (κ1) is 107. The van der Waals surface area contributed by atoms with Gasteiger partial charge in [-0.2, -0.15) is 0 Å². The number of Topliss-reactive ketones (excluding diaryl/α,β-unsaturated/α-hetero) is 4. The second-order valence-corrected chi connectivity index (χ2v) is 53.5. The number of halogens is 1. The molecular weight excluding hydrogens is 1530 g/mol. The molecule has 105 heavy (non-hydrogen) atoms. The fourth-order valence-corrected chi connectivity index (χ4v) is 15.2. The van der Waals surface area contributed by atoms with Gasteiger partial charge in [-0.1, -0.05) is 250 Å². The molecule has 2 aliphatic rings. The van der Waals surface area contributed by atoms with E-state index in [0.717, 1.165) is 38.5 Å². The number of allylic oxidation sites excluding steroid dienone is 4. The van der Waals surface area contributed by atoms with Crippen LogP contribution in [0.25, 0.3) is 0 Å². The molecule has 5 unspecified atom stereocenters. The number of unbranched alkanes of at least 4 members (excludes halogenated alkanes) is 6. The summed E-state index contributed by atoms with van der Waals surface area (Å²) in [5.41, 5.74) is -0.192. The lowest BCUT2D eigenvalue weighted by Gasteiger charge is -2.39. The molecule has 0 amide bonds. The quantitative estimate of drug-likeness (QED) is 0.0202. The zero-order chi connectivity index (χ0) is 81.5. The molecule has 7 atom stereocenters. The van der Waals surface area contributed by atoms with Crippen LogP contribution in [0.3, 0.4) is 0 Å². The molecule has 0 aliphatic heterocycles. The van der Waals surface area contributed by atoms with E-state index in [1.54, 1.807) is 30.4 Å². The normalized spacial score (nSPS) is 17.8. The molecule has 0 N–H and O–H groups in total. The maximum absolute atomic E-state index is 13.1. The molecule has 3 rings (SSSR count). The van der Waals surface area contributed by atoms with Gasteiger partial charge in [-0.3, -0.25) is 28.8 Å². The first-order valence-corrected chi connectivity index (χ1v) is 56.3. The summed E-state index contributed by atoms with van der Waals surface area (Å²) in [6, 6.07) is 4.33. The molecule has 0 saturated heterocycles. The minimum absolute atomic E-state index is 0.0173. The average Bonchev–Trinajstić information content (AvgIpc) is 1.76. The second-order valence-electron chi connectivity index (χ2n) is 34.6. The van der Waals surface area contributed by atoms with Gasteiger partial charge in [-0.05, 0) is 143 Å². The molecule has 0 radical (unpaired) electrons. The van der Waals surface area contributed by atoms with Crippen LogP contribution in [-0.2, 0) is 67.4 Å². The molecule has 0 spiro atoms. The van der Waals surface area contributed by atoms with Crippen molar-refractivity contribution < 1.29 is 61.0 Å². The van der Waals surface area contributed by atoms with E-state index in [9.17, 15) is 28.8 Å². The Bertz CT molecular complexity index is 2730. The van der Waals surface area contributed by atoms with Crippen LogP contribution in [0, 0.1) is 11.8 Å². The van der Waals surface area contributed by atoms with Gasteiger partial charge in [0.1, 0.15) is 17.3 Å². The highest BCUT2D eigenvalue weighted by Gasteiger charge is 2.45. The number of thiophene rings is 1. The van der Waals surface area contributed by atoms with Crippen molar-refractivity contribution in [3.63, 3.8) is 0 Å². The van der Waals surface area contributed by atoms with Crippen molar-refractivity contribution in [1.82, 2.24) is 0 Å². The van der Waals surface area contributed by atoms with Crippen molar-refractivity contribution in [2.75, 3.05) is 14.2 Å². The Morgan fingerprint density at radius 1 is 0.562 bits per heavy atom. The maximum atomic E-state index is 13.1. The van der Waals surface area contributed by atoms with E-state index < -0.39 is 36.5 Å². The van der Waals surface area contributed by atoms with Crippen LogP contribution in [0.1, 0.15) is 258 Å². The van der Waals surface area contributed by atoms with Crippen LogP contribution in [-0.4, -0.2) is 135 Å². The first-order valence-electron chi connectivity index (χ1n) is 39.8. The van der Waals surface area contributed by atoms with Gasteiger partial charge in [0.2, 0.25) is 0 Å². The summed E-state index contributed by atoms with van der Waals surface area (Å²) in [5.74, 6) is -1.31. The van der Waals surface area contributed by atoms with E-state index in [1.165, 1.54) is 64.0 Å². The average molecular weight is 1690 g/mol. The lowest BCUT2D eigenvalue weighted by atomic mass is 9.88. The number of hydrogen-bond acceptors (Lipinski definition) is 14. The van der Waals surface area contributed by atoms with E-state index in [2.05, 4.69) is 233 Å². The zero-order valence-corrected chi connectivity index (χ0v) is 81.3. The molecule has 1 aromatic rings. The van der Waals surface area contributed by atoms with E-state index in [-0.39, 0.29) is 120 Å². The van der Waals surface area contributed by atoms with Gasteiger partial charge in [0.05, 0.1) is 68.8 Å². The topological polar surface area (TPSA) is 167 Å². The number of rotatable bonds is 38. The van der Waals surface area contributed by atoms with Crippen LogP contribution < -0.4 is 0 Å². The van der Waals surface area contributed by atoms with Gasteiger partial charge >= 0.3 is 11.9 Å². The van der Waals surface area contributed by atoms with E-state index in [4.69, 9.17) is 22.8 Å². The lowest BCUT2D eigenvalue weighted by molar-refractivity contribution is -0.140. The van der Waals surface area contributed by atoms with E-state index in [1.807, 2.05) is 52.9 Å². The van der Waals surface area contributed by atoms with Crippen LogP contribution in [0.5, 0.6) is 0 Å². The molecule has 608 valence electrons. The predicted octanol–water partition coefficient (Wildman–Crippen LogP) is 23.1. The zero-order valence-electron chi connectivity index (χ0n) is 72.5. The summed E-state index contributed by atoms with van der Waals surface area (Å²) < 4.78 is 43.1. The summed E-state index contributed by atoms with van der Waals surface area (Å²) in [4.78, 5) is 73.3. The molecule has 2 aliphatic carbocycles. The van der Waals surface area contributed by atoms with Crippen molar-refractivity contribution in [3.8, 4) is 0 Å². The van der Waals surface area contributed by atoms with Gasteiger partial charge in [-0.15, -0.1) is 11.3 Å². The van der Waals surface area contributed by atoms with Gasteiger partial charge < -0.3 is 32.2 Å². The van der Waals surface area contributed by atoms with Crippen molar-refractivity contribution in [3.05, 3.63) is 92.8 Å². The molecule has 1 fully saturated rings. The van der Waals surface area contributed by atoms with Gasteiger partial charge in [0, 0.05) is 79.9 Å². The standard InChI is InChI=1S/C31H54O6Si.C19H34OSSi.C17H24O5.C14H29IOSi.2C2H8Si/c1-11-12-13-17-24(37-38(9,10)31(5,6)7)19-20-25-26(27(33)22-28(25)36-30(2,3)4)21-23(32)16-14-15-18-29(34)35-8;1-7-8-9-12-17(20-22(5,6)19(2,3)4)13-10-14-18-15-11-16-21-18;1-17(2,3)22-14-10-12(15(19)11-14)9-13(18)7-5-6-8-16(20)21-4;1-7-8-9-10-13(11-12-15)16-17(5,6)14(2,3)4;2*1-3-2/h14-15,19-20,24-26,28H,11-13,16-18,21-22H2,1-10H3;10-11,13,15-17H,7-9,12,14H2,1-6H3;5-6,10,14H,7-9,11H2,1-4H3;11-13H,7-10H2,1-6H3;2*3H2,1-2H3/b15-14+,20-19+;13-10+;6-5+;12-11+;;/t24?,25-,26-,28?;;;;;/m1...../s1. The highest BCUT2D eigenvalue weighted by Crippen LogP contribution is 2.42. The highest BCUT2D eigenvalue weighted by atomic mass is 127. The number of ketones is 4. The number of ether oxygens (including phenoxy) is 4. The fraction of sp³-hybridized carbons (Fsp3) is 0.741. The number of carbonyl (C=O) groups is 6. The van der Waals surface area contributed by atoms with Crippen LogP contribution >= 0.6 is 33.9 Å². The summed E-state index contributed by atoms with van der Waals surface area (Å²) in [6.07, 6.45) is 36.4.